The van der Waals surface area contributed by atoms with E-state index in [0.717, 1.165) is 52.7 Å². The zero-order valence-electron chi connectivity index (χ0n) is 24.3. The number of benzene rings is 1. The monoisotopic (exact) mass is 608 g/mol. The molecule has 6 rings (SSSR count). The molecule has 2 fully saturated rings. The lowest BCUT2D eigenvalue weighted by Gasteiger charge is -2.42. The number of hydrogen-bond acceptors (Lipinski definition) is 9. The highest BCUT2D eigenvalue weighted by atomic mass is 35.5. The first-order chi connectivity index (χ1) is 20.7. The number of nitrogens with one attached hydrogen (secondary N) is 1. The average molecular weight is 609 g/mol. The second kappa shape index (κ2) is 12.1. The van der Waals surface area contributed by atoms with Crippen LogP contribution in [0.4, 0.5) is 10.2 Å². The fourth-order valence-corrected chi connectivity index (χ4v) is 6.68. The van der Waals surface area contributed by atoms with Gasteiger partial charge in [0.05, 0.1) is 53.7 Å². The number of nitriles is 1. The molecule has 2 aromatic heterocycles. The van der Waals surface area contributed by atoms with Gasteiger partial charge in [0.1, 0.15) is 12.4 Å². The second-order valence-electron chi connectivity index (χ2n) is 11.5. The lowest BCUT2D eigenvalue weighted by molar-refractivity contribution is -0.131. The quantitative estimate of drug-likeness (QED) is 0.396. The van der Waals surface area contributed by atoms with Crippen molar-refractivity contribution in [2.45, 2.75) is 57.4 Å². The zero-order chi connectivity index (χ0) is 30.2. The summed E-state index contributed by atoms with van der Waals surface area (Å²) in [6, 6.07) is 4.12. The summed E-state index contributed by atoms with van der Waals surface area (Å²) in [6.07, 6.45) is 4.04. The highest BCUT2D eigenvalue weighted by molar-refractivity contribution is 6.33. The molecule has 0 aliphatic carbocycles. The predicted molar refractivity (Wildman–Crippen MR) is 158 cm³/mol. The van der Waals surface area contributed by atoms with E-state index in [1.807, 2.05) is 17.9 Å². The maximum absolute atomic E-state index is 13.8. The van der Waals surface area contributed by atoms with E-state index in [4.69, 9.17) is 31.0 Å². The first-order valence-electron chi connectivity index (χ1n) is 14.5. The van der Waals surface area contributed by atoms with Crippen LogP contribution in [0.5, 0.6) is 6.01 Å². The van der Waals surface area contributed by atoms with Gasteiger partial charge in [-0.1, -0.05) is 18.2 Å². The van der Waals surface area contributed by atoms with Crippen LogP contribution in [0.3, 0.4) is 0 Å². The molecule has 3 atom stereocenters. The van der Waals surface area contributed by atoms with Crippen molar-refractivity contribution >= 4 is 34.2 Å². The van der Waals surface area contributed by atoms with Gasteiger partial charge in [-0.3, -0.25) is 9.89 Å². The van der Waals surface area contributed by atoms with Crippen LogP contribution in [-0.2, 0) is 22.6 Å². The van der Waals surface area contributed by atoms with Crippen molar-refractivity contribution in [1.82, 2.24) is 30.0 Å². The minimum Gasteiger partial charge on any atom is -0.462 e. The SMILES string of the molecule is C=C(F)C(=O)N1CCN(c2nc(OC[C@@H]3CCCN3C)nc3c2CO[C@@H](c2c(Cl)c(C)cc4[nH]ncc24)C3)C[C@@H]1CC#N. The summed E-state index contributed by atoms with van der Waals surface area (Å²) in [6.45, 7) is 7.74. The summed E-state index contributed by atoms with van der Waals surface area (Å²) in [5.74, 6) is -1.19. The lowest BCUT2D eigenvalue weighted by Crippen LogP contribution is -2.55. The summed E-state index contributed by atoms with van der Waals surface area (Å²) in [5.41, 5.74) is 4.27. The standard InChI is InChI=1S/C30H34ClFN8O3/c1-17-11-24-21(13-34-37-24)26(27(17)31)25-12-23-22(16-42-25)28(36-30(35-23)43-15-20-5-4-8-38(20)3)39-9-10-40(29(41)18(2)32)19(14-39)6-7-33/h11,13,19-20,25H,2,4-6,8-10,12,14-16H2,1,3H3,(H,34,37)/t19-,20-,25+/m0/s1. The maximum Gasteiger partial charge on any atom is 0.318 e. The molecule has 3 aliphatic rings. The normalized spacial score (nSPS) is 22.4. The molecule has 1 N–H and O–H groups in total. The molecule has 3 aliphatic heterocycles. The first-order valence-corrected chi connectivity index (χ1v) is 14.9. The van der Waals surface area contributed by atoms with Gasteiger partial charge in [-0.05, 0) is 45.0 Å². The Bertz CT molecular complexity index is 1610. The van der Waals surface area contributed by atoms with E-state index in [1.54, 1.807) is 6.20 Å². The summed E-state index contributed by atoms with van der Waals surface area (Å²) in [5, 5.41) is 18.2. The minimum absolute atomic E-state index is 0.0469. The Hall–Kier alpha value is -3.79. The van der Waals surface area contributed by atoms with Crippen LogP contribution in [-0.4, -0.2) is 87.8 Å². The zero-order valence-corrected chi connectivity index (χ0v) is 25.0. The number of H-pyrrole nitrogens is 1. The molecule has 13 heteroatoms. The van der Waals surface area contributed by atoms with E-state index >= 15 is 0 Å². The minimum atomic E-state index is -1.04. The number of halogens is 2. The molecule has 0 bridgehead atoms. The number of nitrogens with zero attached hydrogens (tertiary/aromatic N) is 7. The number of ether oxygens (including phenoxy) is 2. The van der Waals surface area contributed by atoms with Gasteiger partial charge in [0.15, 0.2) is 5.83 Å². The molecule has 2 saturated heterocycles. The van der Waals surface area contributed by atoms with Crippen LogP contribution in [0, 0.1) is 18.3 Å². The number of anilines is 1. The molecule has 0 radical (unpaired) electrons. The number of hydrogen-bond donors (Lipinski definition) is 1. The number of likely N-dealkylation sites (tertiary alicyclic amines) is 1. The van der Waals surface area contributed by atoms with E-state index in [9.17, 15) is 14.4 Å². The Morgan fingerprint density at radius 2 is 2.16 bits per heavy atom. The van der Waals surface area contributed by atoms with Gasteiger partial charge in [-0.2, -0.15) is 20.3 Å². The fraction of sp³-hybridized carbons (Fsp3) is 0.500. The number of rotatable bonds is 7. The van der Waals surface area contributed by atoms with Crippen molar-refractivity contribution in [2.75, 3.05) is 44.7 Å². The highest BCUT2D eigenvalue weighted by Gasteiger charge is 2.36. The number of aromatic amines is 1. The van der Waals surface area contributed by atoms with E-state index in [0.29, 0.717) is 37.0 Å². The third-order valence-electron chi connectivity index (χ3n) is 8.76. The summed E-state index contributed by atoms with van der Waals surface area (Å²) >= 11 is 6.83. The number of piperazine rings is 1. The fourth-order valence-electron chi connectivity index (χ4n) is 6.40. The van der Waals surface area contributed by atoms with Crippen LogP contribution >= 0.6 is 11.6 Å². The number of carbonyl (C=O) groups excluding carboxylic acids is 1. The number of likely N-dealkylation sites (N-methyl/N-ethyl adjacent to an activating group) is 1. The third-order valence-corrected chi connectivity index (χ3v) is 9.26. The number of carbonyl (C=O) groups is 1. The summed E-state index contributed by atoms with van der Waals surface area (Å²) in [4.78, 5) is 27.9. The van der Waals surface area contributed by atoms with Crippen LogP contribution in [0.2, 0.25) is 5.02 Å². The van der Waals surface area contributed by atoms with Gasteiger partial charge in [-0.15, -0.1) is 0 Å². The summed E-state index contributed by atoms with van der Waals surface area (Å²) in [7, 11) is 2.09. The molecule has 226 valence electrons. The Labute approximate surface area is 254 Å². The molecular weight excluding hydrogens is 575 g/mol. The number of aryl methyl sites for hydroxylation is 1. The van der Waals surface area contributed by atoms with Gasteiger partial charge in [0, 0.05) is 48.6 Å². The number of amides is 1. The Kier molecular flexibility index (Phi) is 8.22. The van der Waals surface area contributed by atoms with Crippen molar-refractivity contribution in [3.63, 3.8) is 0 Å². The van der Waals surface area contributed by atoms with Crippen molar-refractivity contribution < 1.29 is 18.7 Å². The molecule has 0 saturated carbocycles. The lowest BCUT2D eigenvalue weighted by atomic mass is 9.95. The number of fused-ring (bicyclic) bond motifs is 2. The van der Waals surface area contributed by atoms with E-state index < -0.39 is 17.8 Å². The molecule has 1 amide bonds. The van der Waals surface area contributed by atoms with E-state index in [-0.39, 0.29) is 37.7 Å². The molecule has 0 unspecified atom stereocenters. The van der Waals surface area contributed by atoms with E-state index in [2.05, 4.69) is 34.8 Å². The van der Waals surface area contributed by atoms with Crippen LogP contribution in [0.1, 0.15) is 47.8 Å². The summed E-state index contributed by atoms with van der Waals surface area (Å²) < 4.78 is 26.4. The van der Waals surface area contributed by atoms with Crippen molar-refractivity contribution in [3.8, 4) is 12.1 Å². The Morgan fingerprint density at radius 1 is 1.33 bits per heavy atom. The predicted octanol–water partition coefficient (Wildman–Crippen LogP) is 4.02. The molecule has 43 heavy (non-hydrogen) atoms. The average Bonchev–Trinajstić information content (AvgIpc) is 3.63. The Morgan fingerprint density at radius 3 is 2.91 bits per heavy atom. The van der Waals surface area contributed by atoms with Gasteiger partial charge < -0.3 is 24.2 Å². The van der Waals surface area contributed by atoms with Gasteiger partial charge in [0.25, 0.3) is 5.91 Å². The topological polar surface area (TPSA) is 124 Å². The molecule has 11 nitrogen and oxygen atoms in total. The van der Waals surface area contributed by atoms with Crippen molar-refractivity contribution in [1.29, 1.82) is 5.26 Å². The molecule has 1 aromatic carbocycles. The number of aromatic nitrogens is 4. The highest BCUT2D eigenvalue weighted by Crippen LogP contribution is 2.41. The van der Waals surface area contributed by atoms with Gasteiger partial charge >= 0.3 is 6.01 Å². The van der Waals surface area contributed by atoms with Gasteiger partial charge in [-0.25, -0.2) is 4.39 Å². The maximum atomic E-state index is 13.8. The molecule has 3 aromatic rings. The molecule has 5 heterocycles. The van der Waals surface area contributed by atoms with Crippen LogP contribution < -0.4 is 9.64 Å². The second-order valence-corrected chi connectivity index (χ2v) is 11.8. The Balaban J connectivity index is 1.35. The van der Waals surface area contributed by atoms with Crippen molar-refractivity contribution in [2.24, 2.45) is 0 Å². The van der Waals surface area contributed by atoms with E-state index in [1.165, 1.54) is 4.90 Å². The molecule has 0 spiro atoms. The smallest absolute Gasteiger partial charge is 0.318 e. The van der Waals surface area contributed by atoms with Crippen LogP contribution in [0.15, 0.2) is 24.7 Å². The largest absolute Gasteiger partial charge is 0.462 e. The van der Waals surface area contributed by atoms with Gasteiger partial charge in [0.2, 0.25) is 0 Å². The van der Waals surface area contributed by atoms with Crippen molar-refractivity contribution in [3.05, 3.63) is 52.1 Å². The third kappa shape index (κ3) is 5.64. The van der Waals surface area contributed by atoms with Crippen LogP contribution in [0.25, 0.3) is 10.9 Å². The first kappa shape index (κ1) is 29.3. The molecular formula is C30H34ClFN8O3.